The smallest absolute Gasteiger partial charge is 0.242 e. The standard InChI is InChI=1S/C25H34N2O3/c1-5-7-16-26-25(29)23(6-2)27(18-21-11-9-8-10-19(21)3)24(28)17-20-12-14-22(30-4)15-13-20/h8-15,23H,5-7,16-18H2,1-4H3,(H,26,29). The van der Waals surface area contributed by atoms with Gasteiger partial charge in [-0.3, -0.25) is 9.59 Å². The molecule has 0 aliphatic rings. The Morgan fingerprint density at radius 3 is 2.37 bits per heavy atom. The lowest BCUT2D eigenvalue weighted by atomic mass is 10.0. The van der Waals surface area contributed by atoms with Gasteiger partial charge in [0.1, 0.15) is 11.8 Å². The zero-order chi connectivity index (χ0) is 21.9. The predicted molar refractivity (Wildman–Crippen MR) is 120 cm³/mol. The van der Waals surface area contributed by atoms with Crippen molar-refractivity contribution in [3.63, 3.8) is 0 Å². The molecule has 0 aliphatic carbocycles. The Bertz CT molecular complexity index is 817. The summed E-state index contributed by atoms with van der Waals surface area (Å²) in [4.78, 5) is 27.9. The maximum absolute atomic E-state index is 13.3. The number of carbonyl (C=O) groups is 2. The molecule has 0 heterocycles. The largest absolute Gasteiger partial charge is 0.497 e. The van der Waals surface area contributed by atoms with Crippen LogP contribution >= 0.6 is 0 Å². The number of ether oxygens (including phenoxy) is 1. The van der Waals surface area contributed by atoms with Crippen molar-refractivity contribution in [2.75, 3.05) is 13.7 Å². The van der Waals surface area contributed by atoms with E-state index in [0.29, 0.717) is 19.5 Å². The lowest BCUT2D eigenvalue weighted by Crippen LogP contribution is -2.49. The van der Waals surface area contributed by atoms with Crippen molar-refractivity contribution in [3.8, 4) is 5.75 Å². The first-order valence-electron chi connectivity index (χ1n) is 10.7. The number of unbranched alkanes of at least 4 members (excludes halogenated alkanes) is 1. The van der Waals surface area contributed by atoms with E-state index >= 15 is 0 Å². The van der Waals surface area contributed by atoms with Crippen LogP contribution in [-0.4, -0.2) is 36.4 Å². The molecule has 0 fully saturated rings. The first-order chi connectivity index (χ1) is 14.5. The number of hydrogen-bond donors (Lipinski definition) is 1. The summed E-state index contributed by atoms with van der Waals surface area (Å²) in [6.45, 7) is 7.13. The van der Waals surface area contributed by atoms with E-state index in [4.69, 9.17) is 4.74 Å². The molecule has 0 aromatic heterocycles. The van der Waals surface area contributed by atoms with Gasteiger partial charge in [0.25, 0.3) is 0 Å². The van der Waals surface area contributed by atoms with Crippen LogP contribution in [0, 0.1) is 6.92 Å². The minimum absolute atomic E-state index is 0.0547. The van der Waals surface area contributed by atoms with E-state index in [1.807, 2.05) is 62.4 Å². The normalized spacial score (nSPS) is 11.6. The van der Waals surface area contributed by atoms with Gasteiger partial charge in [0.15, 0.2) is 0 Å². The molecule has 2 amide bonds. The molecule has 2 aromatic carbocycles. The number of aryl methyl sites for hydroxylation is 1. The van der Waals surface area contributed by atoms with Crippen molar-refractivity contribution >= 4 is 11.8 Å². The SMILES string of the molecule is CCCCNC(=O)C(CC)N(Cc1ccccc1C)C(=O)Cc1ccc(OC)cc1. The summed E-state index contributed by atoms with van der Waals surface area (Å²) in [5.74, 6) is 0.619. The summed E-state index contributed by atoms with van der Waals surface area (Å²) in [6, 6.07) is 15.0. The topological polar surface area (TPSA) is 58.6 Å². The predicted octanol–water partition coefficient (Wildman–Crippen LogP) is 4.27. The van der Waals surface area contributed by atoms with E-state index in [-0.39, 0.29) is 18.2 Å². The van der Waals surface area contributed by atoms with Crippen LogP contribution in [0.5, 0.6) is 5.75 Å². The number of methoxy groups -OCH3 is 1. The number of carbonyl (C=O) groups excluding carboxylic acids is 2. The van der Waals surface area contributed by atoms with Gasteiger partial charge in [-0.05, 0) is 48.6 Å². The summed E-state index contributed by atoms with van der Waals surface area (Å²) in [5.41, 5.74) is 3.07. The van der Waals surface area contributed by atoms with Gasteiger partial charge in [-0.25, -0.2) is 0 Å². The second kappa shape index (κ2) is 12.0. The molecule has 162 valence electrons. The van der Waals surface area contributed by atoms with Crippen molar-refractivity contribution < 1.29 is 14.3 Å². The van der Waals surface area contributed by atoms with Gasteiger partial charge in [-0.1, -0.05) is 56.7 Å². The van der Waals surface area contributed by atoms with Gasteiger partial charge in [0.05, 0.1) is 13.5 Å². The van der Waals surface area contributed by atoms with Gasteiger partial charge < -0.3 is 15.0 Å². The molecule has 0 saturated carbocycles. The van der Waals surface area contributed by atoms with Crippen molar-refractivity contribution in [3.05, 3.63) is 65.2 Å². The first-order valence-corrected chi connectivity index (χ1v) is 10.7. The number of nitrogens with zero attached hydrogens (tertiary/aromatic N) is 1. The molecule has 5 heteroatoms. The molecule has 30 heavy (non-hydrogen) atoms. The molecule has 1 N–H and O–H groups in total. The second-order valence-electron chi connectivity index (χ2n) is 7.54. The molecule has 0 spiro atoms. The van der Waals surface area contributed by atoms with Crippen LogP contribution in [0.2, 0.25) is 0 Å². The first kappa shape index (κ1) is 23.5. The van der Waals surface area contributed by atoms with Gasteiger partial charge in [0.2, 0.25) is 11.8 Å². The summed E-state index contributed by atoms with van der Waals surface area (Å²) in [6.07, 6.45) is 2.76. The number of hydrogen-bond acceptors (Lipinski definition) is 3. The Morgan fingerprint density at radius 2 is 1.77 bits per heavy atom. The number of amides is 2. The third-order valence-corrected chi connectivity index (χ3v) is 5.33. The van der Waals surface area contributed by atoms with Crippen molar-refractivity contribution in [2.45, 2.75) is 59.0 Å². The van der Waals surface area contributed by atoms with Crippen LogP contribution in [0.3, 0.4) is 0 Å². The zero-order valence-electron chi connectivity index (χ0n) is 18.6. The third-order valence-electron chi connectivity index (χ3n) is 5.33. The summed E-state index contributed by atoms with van der Waals surface area (Å²) in [5, 5.41) is 3.00. The fourth-order valence-electron chi connectivity index (χ4n) is 3.42. The Balaban J connectivity index is 2.24. The second-order valence-corrected chi connectivity index (χ2v) is 7.54. The minimum Gasteiger partial charge on any atom is -0.497 e. The lowest BCUT2D eigenvalue weighted by molar-refractivity contribution is -0.140. The van der Waals surface area contributed by atoms with Crippen LogP contribution in [0.15, 0.2) is 48.5 Å². The lowest BCUT2D eigenvalue weighted by Gasteiger charge is -2.31. The Kier molecular flexibility index (Phi) is 9.39. The molecule has 1 atom stereocenters. The fraction of sp³-hybridized carbons (Fsp3) is 0.440. The average molecular weight is 411 g/mol. The van der Waals surface area contributed by atoms with E-state index in [0.717, 1.165) is 35.3 Å². The van der Waals surface area contributed by atoms with E-state index in [9.17, 15) is 9.59 Å². The van der Waals surface area contributed by atoms with Crippen LogP contribution in [-0.2, 0) is 22.6 Å². The number of nitrogens with one attached hydrogen (secondary N) is 1. The number of rotatable bonds is 11. The van der Waals surface area contributed by atoms with Gasteiger partial charge in [-0.2, -0.15) is 0 Å². The molecule has 0 radical (unpaired) electrons. The maximum Gasteiger partial charge on any atom is 0.242 e. The van der Waals surface area contributed by atoms with E-state index < -0.39 is 6.04 Å². The quantitative estimate of drug-likeness (QED) is 0.563. The molecule has 1 unspecified atom stereocenters. The minimum atomic E-state index is -0.493. The molecular weight excluding hydrogens is 376 g/mol. The van der Waals surface area contributed by atoms with E-state index in [1.54, 1.807) is 12.0 Å². The fourth-order valence-corrected chi connectivity index (χ4v) is 3.42. The van der Waals surface area contributed by atoms with Crippen LogP contribution < -0.4 is 10.1 Å². The molecule has 0 aliphatic heterocycles. The van der Waals surface area contributed by atoms with E-state index in [1.165, 1.54) is 0 Å². The van der Waals surface area contributed by atoms with Gasteiger partial charge >= 0.3 is 0 Å². The molecule has 0 saturated heterocycles. The van der Waals surface area contributed by atoms with Crippen LogP contribution in [0.1, 0.15) is 49.8 Å². The summed E-state index contributed by atoms with van der Waals surface area (Å²) >= 11 is 0. The highest BCUT2D eigenvalue weighted by molar-refractivity contribution is 5.88. The molecule has 2 aromatic rings. The average Bonchev–Trinajstić information content (AvgIpc) is 2.75. The van der Waals surface area contributed by atoms with Crippen LogP contribution in [0.4, 0.5) is 0 Å². The Morgan fingerprint density at radius 1 is 1.07 bits per heavy atom. The van der Waals surface area contributed by atoms with Crippen molar-refractivity contribution in [1.29, 1.82) is 0 Å². The molecule has 0 bridgehead atoms. The highest BCUT2D eigenvalue weighted by Crippen LogP contribution is 2.18. The maximum atomic E-state index is 13.3. The van der Waals surface area contributed by atoms with Gasteiger partial charge in [-0.15, -0.1) is 0 Å². The Labute approximate surface area is 180 Å². The summed E-state index contributed by atoms with van der Waals surface area (Å²) in [7, 11) is 1.62. The zero-order valence-corrected chi connectivity index (χ0v) is 18.6. The molecule has 5 nitrogen and oxygen atoms in total. The summed E-state index contributed by atoms with van der Waals surface area (Å²) < 4.78 is 5.20. The van der Waals surface area contributed by atoms with E-state index in [2.05, 4.69) is 12.2 Å². The molecule has 2 rings (SSSR count). The highest BCUT2D eigenvalue weighted by atomic mass is 16.5. The van der Waals surface area contributed by atoms with Crippen molar-refractivity contribution in [2.24, 2.45) is 0 Å². The Hall–Kier alpha value is -2.82. The third kappa shape index (κ3) is 6.61. The molecular formula is C25H34N2O3. The van der Waals surface area contributed by atoms with Crippen LogP contribution in [0.25, 0.3) is 0 Å². The highest BCUT2D eigenvalue weighted by Gasteiger charge is 2.28. The van der Waals surface area contributed by atoms with Gasteiger partial charge in [0, 0.05) is 13.1 Å². The number of benzene rings is 2. The monoisotopic (exact) mass is 410 g/mol. The van der Waals surface area contributed by atoms with Crippen molar-refractivity contribution in [1.82, 2.24) is 10.2 Å².